The van der Waals surface area contributed by atoms with Crippen LogP contribution in [0.4, 0.5) is 19.0 Å². The molecule has 2 aromatic rings. The summed E-state index contributed by atoms with van der Waals surface area (Å²) in [5.74, 6) is -2.07. The summed E-state index contributed by atoms with van der Waals surface area (Å²) < 4.78 is 43.9. The molecule has 32 heavy (non-hydrogen) atoms. The number of hydrogen-bond donors (Lipinski definition) is 0. The summed E-state index contributed by atoms with van der Waals surface area (Å²) in [6.45, 7) is 1.86. The average molecular weight is 510 g/mol. The second-order valence-corrected chi connectivity index (χ2v) is 7.54. The van der Waals surface area contributed by atoms with Crippen LogP contribution in [0.15, 0.2) is 40.7 Å². The molecule has 0 fully saturated rings. The van der Waals surface area contributed by atoms with E-state index in [2.05, 4.69) is 15.2 Å². The number of aromatic nitrogens is 1. The Bertz CT molecular complexity index is 1080. The number of rotatable bonds is 6. The highest BCUT2D eigenvalue weighted by Gasteiger charge is 2.40. The van der Waals surface area contributed by atoms with Crippen LogP contribution >= 0.6 is 34.8 Å². The van der Waals surface area contributed by atoms with Gasteiger partial charge in [-0.25, -0.2) is 4.98 Å². The van der Waals surface area contributed by atoms with Gasteiger partial charge < -0.3 is 9.57 Å². The number of pyridine rings is 1. The van der Waals surface area contributed by atoms with Gasteiger partial charge in [-0.1, -0.05) is 46.0 Å². The van der Waals surface area contributed by atoms with Gasteiger partial charge in [0.2, 0.25) is 5.90 Å². The minimum absolute atomic E-state index is 0.00449. The van der Waals surface area contributed by atoms with Crippen molar-refractivity contribution in [2.45, 2.75) is 19.7 Å². The first kappa shape index (κ1) is 24.1. The second-order valence-electron chi connectivity index (χ2n) is 6.29. The van der Waals surface area contributed by atoms with Crippen LogP contribution in [0.2, 0.25) is 15.1 Å². The number of carbonyl (C=O) groups excluding carboxylic acids is 1. The Morgan fingerprint density at radius 1 is 1.22 bits per heavy atom. The van der Waals surface area contributed by atoms with Crippen LogP contribution in [0.5, 0.6) is 0 Å². The van der Waals surface area contributed by atoms with E-state index in [1.165, 1.54) is 0 Å². The SMILES string of the molecule is CCOC1=NN(c2ncc(C(F)(F)F)cc2Cl)C(=O)C1C=NOCc1ccc(Cl)cc1Cl. The van der Waals surface area contributed by atoms with Gasteiger partial charge in [0.05, 0.1) is 23.4 Å². The summed E-state index contributed by atoms with van der Waals surface area (Å²) in [6, 6.07) is 5.50. The third kappa shape index (κ3) is 5.43. The van der Waals surface area contributed by atoms with Gasteiger partial charge >= 0.3 is 6.18 Å². The van der Waals surface area contributed by atoms with E-state index in [-0.39, 0.29) is 24.9 Å². The van der Waals surface area contributed by atoms with Crippen LogP contribution in [0.3, 0.4) is 0 Å². The molecule has 1 atom stereocenters. The molecule has 2 heterocycles. The maximum atomic E-state index is 12.8. The molecule has 7 nitrogen and oxygen atoms in total. The number of hydrogen-bond acceptors (Lipinski definition) is 6. The smallest absolute Gasteiger partial charge is 0.417 e. The van der Waals surface area contributed by atoms with Crippen molar-refractivity contribution in [3.8, 4) is 0 Å². The highest BCUT2D eigenvalue weighted by molar-refractivity contribution is 6.35. The average Bonchev–Trinajstić information content (AvgIpc) is 3.01. The fourth-order valence-corrected chi connectivity index (χ4v) is 3.29. The first-order valence-corrected chi connectivity index (χ1v) is 10.1. The zero-order chi connectivity index (χ0) is 23.5. The number of anilines is 1. The van der Waals surface area contributed by atoms with Crippen molar-refractivity contribution in [2.75, 3.05) is 11.6 Å². The summed E-state index contributed by atoms with van der Waals surface area (Å²) in [5, 5.41) is 8.97. The largest absolute Gasteiger partial charge is 0.479 e. The third-order valence-electron chi connectivity index (χ3n) is 4.10. The predicted octanol–water partition coefficient (Wildman–Crippen LogP) is 5.58. The molecular formula is C19H14Cl3F3N4O3. The summed E-state index contributed by atoms with van der Waals surface area (Å²) in [4.78, 5) is 21.6. The van der Waals surface area contributed by atoms with E-state index in [1.807, 2.05) is 0 Å². The molecule has 0 aliphatic carbocycles. The van der Waals surface area contributed by atoms with Crippen molar-refractivity contribution < 1.29 is 27.5 Å². The highest BCUT2D eigenvalue weighted by atomic mass is 35.5. The number of halogens is 6. The van der Waals surface area contributed by atoms with Gasteiger partial charge in [0.25, 0.3) is 5.91 Å². The minimum atomic E-state index is -4.64. The van der Waals surface area contributed by atoms with Crippen LogP contribution < -0.4 is 5.01 Å². The maximum absolute atomic E-state index is 12.8. The Morgan fingerprint density at radius 2 is 1.97 bits per heavy atom. The first-order valence-electron chi connectivity index (χ1n) is 8.99. The van der Waals surface area contributed by atoms with Crippen molar-refractivity contribution >= 4 is 58.6 Å². The maximum Gasteiger partial charge on any atom is 0.417 e. The monoisotopic (exact) mass is 508 g/mol. The van der Waals surface area contributed by atoms with E-state index < -0.39 is 28.6 Å². The topological polar surface area (TPSA) is 76.4 Å². The molecule has 1 aromatic carbocycles. The Kier molecular flexibility index (Phi) is 7.47. The van der Waals surface area contributed by atoms with Gasteiger partial charge in [-0.15, -0.1) is 5.10 Å². The van der Waals surface area contributed by atoms with Crippen LogP contribution in [0, 0.1) is 5.92 Å². The van der Waals surface area contributed by atoms with Crippen LogP contribution in [-0.2, 0) is 27.2 Å². The van der Waals surface area contributed by atoms with Gasteiger partial charge in [0, 0.05) is 21.8 Å². The lowest BCUT2D eigenvalue weighted by Gasteiger charge is -2.14. The molecule has 1 unspecified atom stereocenters. The van der Waals surface area contributed by atoms with Gasteiger partial charge in [-0.2, -0.15) is 18.2 Å². The number of nitrogens with zero attached hydrogens (tertiary/aromatic N) is 4. The van der Waals surface area contributed by atoms with E-state index in [0.29, 0.717) is 27.9 Å². The van der Waals surface area contributed by atoms with Crippen molar-refractivity contribution in [1.82, 2.24) is 4.98 Å². The number of carbonyl (C=O) groups is 1. The zero-order valence-corrected chi connectivity index (χ0v) is 18.5. The van der Waals surface area contributed by atoms with Crippen LogP contribution in [0.25, 0.3) is 0 Å². The van der Waals surface area contributed by atoms with Gasteiger partial charge in [0.15, 0.2) is 11.7 Å². The lowest BCUT2D eigenvalue weighted by atomic mass is 10.1. The highest BCUT2D eigenvalue weighted by Crippen LogP contribution is 2.35. The second kappa shape index (κ2) is 9.93. The molecule has 1 aromatic heterocycles. The predicted molar refractivity (Wildman–Crippen MR) is 114 cm³/mol. The van der Waals surface area contributed by atoms with E-state index in [4.69, 9.17) is 44.4 Å². The quantitative estimate of drug-likeness (QED) is 0.376. The lowest BCUT2D eigenvalue weighted by molar-refractivity contribution is -0.137. The molecule has 0 N–H and O–H groups in total. The number of benzene rings is 1. The molecule has 0 saturated heterocycles. The lowest BCUT2D eigenvalue weighted by Crippen LogP contribution is -2.30. The Morgan fingerprint density at radius 3 is 2.59 bits per heavy atom. The number of ether oxygens (including phenoxy) is 1. The van der Waals surface area contributed by atoms with Crippen molar-refractivity contribution in [3.05, 3.63) is 56.7 Å². The molecule has 1 amide bonds. The normalized spacial score (nSPS) is 16.6. The van der Waals surface area contributed by atoms with Crippen molar-refractivity contribution in [3.63, 3.8) is 0 Å². The van der Waals surface area contributed by atoms with Gasteiger partial charge in [-0.05, 0) is 25.1 Å². The molecule has 170 valence electrons. The Hall–Kier alpha value is -2.56. The van der Waals surface area contributed by atoms with E-state index in [9.17, 15) is 18.0 Å². The number of hydrazone groups is 1. The fourth-order valence-electron chi connectivity index (χ4n) is 2.58. The van der Waals surface area contributed by atoms with Crippen LogP contribution in [0.1, 0.15) is 18.1 Å². The molecular weight excluding hydrogens is 496 g/mol. The van der Waals surface area contributed by atoms with E-state index in [1.54, 1.807) is 25.1 Å². The molecule has 3 rings (SSSR count). The van der Waals surface area contributed by atoms with Crippen molar-refractivity contribution in [1.29, 1.82) is 0 Å². The fraction of sp³-hybridized carbons (Fsp3) is 0.263. The summed E-state index contributed by atoms with van der Waals surface area (Å²) in [7, 11) is 0. The Labute approximate surface area is 195 Å². The molecule has 1 aliphatic rings. The number of amides is 1. The number of oxime groups is 1. The summed E-state index contributed by atoms with van der Waals surface area (Å²) in [5.41, 5.74) is -0.439. The van der Waals surface area contributed by atoms with Crippen molar-refractivity contribution in [2.24, 2.45) is 16.2 Å². The molecule has 0 spiro atoms. The molecule has 0 radical (unpaired) electrons. The summed E-state index contributed by atoms with van der Waals surface area (Å²) in [6.07, 6.45) is -2.92. The molecule has 0 bridgehead atoms. The minimum Gasteiger partial charge on any atom is -0.479 e. The third-order valence-corrected chi connectivity index (χ3v) is 4.97. The number of alkyl halides is 3. The molecule has 0 saturated carbocycles. The summed E-state index contributed by atoms with van der Waals surface area (Å²) >= 11 is 17.8. The van der Waals surface area contributed by atoms with E-state index >= 15 is 0 Å². The standard InChI is InChI=1S/C19H14Cl3F3N4O3/c1-2-31-17-13(8-27-32-9-10-3-4-12(20)6-14(10)21)18(30)29(28-17)16-15(22)5-11(7-26-16)19(23,24)25/h3-8,13H,2,9H2,1H3. The first-order chi connectivity index (χ1) is 15.1. The van der Waals surface area contributed by atoms with Gasteiger partial charge in [0.1, 0.15) is 6.61 Å². The zero-order valence-electron chi connectivity index (χ0n) is 16.2. The van der Waals surface area contributed by atoms with Crippen LogP contribution in [-0.4, -0.2) is 29.6 Å². The van der Waals surface area contributed by atoms with Gasteiger partial charge in [-0.3, -0.25) is 4.79 Å². The molecule has 13 heteroatoms. The molecule has 1 aliphatic heterocycles. The Balaban J connectivity index is 1.76. The van der Waals surface area contributed by atoms with E-state index in [0.717, 1.165) is 11.2 Å².